The number of nitrogens with zero attached hydrogens (tertiary/aromatic N) is 3. The molecule has 0 aliphatic rings. The molecule has 6 nitrogen and oxygen atoms in total. The highest BCUT2D eigenvalue weighted by atomic mass is 16.5. The van der Waals surface area contributed by atoms with Gasteiger partial charge in [0.15, 0.2) is 5.82 Å². The van der Waals surface area contributed by atoms with Crippen LogP contribution in [-0.2, 0) is 0 Å². The van der Waals surface area contributed by atoms with Crippen molar-refractivity contribution in [1.29, 1.82) is 0 Å². The Morgan fingerprint density at radius 3 is 3.12 bits per heavy atom. The quantitative estimate of drug-likeness (QED) is 0.599. The van der Waals surface area contributed by atoms with E-state index in [0.717, 1.165) is 6.42 Å². The summed E-state index contributed by atoms with van der Waals surface area (Å²) in [5, 5.41) is 0. The molecule has 86 valence electrons. The van der Waals surface area contributed by atoms with Crippen molar-refractivity contribution in [1.82, 2.24) is 14.4 Å². The number of aromatic nitrogens is 3. The fourth-order valence-electron chi connectivity index (χ4n) is 1.33. The van der Waals surface area contributed by atoms with Crippen molar-refractivity contribution in [3.63, 3.8) is 0 Å². The average molecular weight is 221 g/mol. The van der Waals surface area contributed by atoms with Gasteiger partial charge in [-0.1, -0.05) is 6.92 Å². The Bertz CT molecular complexity index is 481. The number of imidazole rings is 1. The lowest BCUT2D eigenvalue weighted by molar-refractivity contribution is 0.210. The van der Waals surface area contributed by atoms with Gasteiger partial charge in [-0.2, -0.15) is 4.98 Å². The van der Waals surface area contributed by atoms with Crippen LogP contribution in [0.4, 0.5) is 5.82 Å². The first-order chi connectivity index (χ1) is 7.74. The molecule has 1 unspecified atom stereocenters. The van der Waals surface area contributed by atoms with Gasteiger partial charge in [0.05, 0.1) is 12.3 Å². The third-order valence-corrected chi connectivity index (χ3v) is 2.38. The number of rotatable bonds is 4. The van der Waals surface area contributed by atoms with Crippen LogP contribution in [0.1, 0.15) is 20.3 Å². The van der Waals surface area contributed by atoms with E-state index in [2.05, 4.69) is 22.3 Å². The second kappa shape index (κ2) is 4.36. The maximum atomic E-state index is 5.69. The molecule has 3 N–H and O–H groups in total. The first-order valence-electron chi connectivity index (χ1n) is 5.21. The minimum absolute atomic E-state index is 0.0982. The predicted molar refractivity (Wildman–Crippen MR) is 61.2 cm³/mol. The normalized spacial score (nSPS) is 12.7. The van der Waals surface area contributed by atoms with E-state index in [0.29, 0.717) is 17.3 Å². The molecule has 0 aromatic carbocycles. The van der Waals surface area contributed by atoms with Crippen LogP contribution in [0.5, 0.6) is 5.88 Å². The SMILES string of the molecule is CCC(C)Oc1nc(NN)cn2ccnc12. The van der Waals surface area contributed by atoms with Crippen molar-refractivity contribution in [2.24, 2.45) is 5.84 Å². The number of hydrazine groups is 1. The molecule has 2 aromatic heterocycles. The molecule has 2 aromatic rings. The third kappa shape index (κ3) is 1.92. The Balaban J connectivity index is 2.44. The molecule has 0 spiro atoms. The molecule has 16 heavy (non-hydrogen) atoms. The van der Waals surface area contributed by atoms with Gasteiger partial charge in [-0.15, -0.1) is 0 Å². The van der Waals surface area contributed by atoms with Crippen molar-refractivity contribution in [2.45, 2.75) is 26.4 Å². The molecular weight excluding hydrogens is 206 g/mol. The zero-order valence-corrected chi connectivity index (χ0v) is 9.34. The van der Waals surface area contributed by atoms with Crippen molar-refractivity contribution in [3.05, 3.63) is 18.6 Å². The lowest BCUT2D eigenvalue weighted by Gasteiger charge is -2.13. The Labute approximate surface area is 93.4 Å². The van der Waals surface area contributed by atoms with E-state index in [1.165, 1.54) is 0 Å². The largest absolute Gasteiger partial charge is 0.472 e. The van der Waals surface area contributed by atoms with Crippen LogP contribution in [0, 0.1) is 0 Å². The molecule has 0 aliphatic heterocycles. The van der Waals surface area contributed by atoms with Crippen LogP contribution in [0.2, 0.25) is 0 Å². The summed E-state index contributed by atoms with van der Waals surface area (Å²) in [6.45, 7) is 4.04. The van der Waals surface area contributed by atoms with Crippen LogP contribution in [0.25, 0.3) is 5.65 Å². The number of hydrogen-bond acceptors (Lipinski definition) is 5. The number of anilines is 1. The van der Waals surface area contributed by atoms with Crippen LogP contribution in [0.15, 0.2) is 18.6 Å². The number of nitrogens with one attached hydrogen (secondary N) is 1. The van der Waals surface area contributed by atoms with E-state index >= 15 is 0 Å². The molecule has 0 amide bonds. The summed E-state index contributed by atoms with van der Waals surface area (Å²) in [5.41, 5.74) is 3.19. The topological polar surface area (TPSA) is 77.5 Å². The molecule has 0 saturated heterocycles. The van der Waals surface area contributed by atoms with Gasteiger partial charge in [0.1, 0.15) is 0 Å². The summed E-state index contributed by atoms with van der Waals surface area (Å²) in [7, 11) is 0. The Kier molecular flexibility index (Phi) is 2.91. The molecule has 0 bridgehead atoms. The molecule has 6 heteroatoms. The Morgan fingerprint density at radius 1 is 1.62 bits per heavy atom. The molecule has 0 saturated carbocycles. The fourth-order valence-corrected chi connectivity index (χ4v) is 1.33. The van der Waals surface area contributed by atoms with Gasteiger partial charge in [-0.05, 0) is 13.3 Å². The maximum absolute atomic E-state index is 5.69. The van der Waals surface area contributed by atoms with Gasteiger partial charge in [0.25, 0.3) is 5.88 Å². The maximum Gasteiger partial charge on any atom is 0.260 e. The van der Waals surface area contributed by atoms with E-state index in [4.69, 9.17) is 10.6 Å². The molecule has 0 aliphatic carbocycles. The summed E-state index contributed by atoms with van der Waals surface area (Å²) in [6.07, 6.45) is 6.28. The third-order valence-electron chi connectivity index (χ3n) is 2.38. The van der Waals surface area contributed by atoms with Crippen molar-refractivity contribution in [3.8, 4) is 5.88 Å². The molecule has 2 heterocycles. The standard InChI is InChI=1S/C10H15N5O/c1-3-7(2)16-10-9-12-4-5-15(9)6-8(13-10)14-11/h4-7,14H,3,11H2,1-2H3. The highest BCUT2D eigenvalue weighted by molar-refractivity contribution is 5.53. The number of ether oxygens (including phenoxy) is 1. The number of fused-ring (bicyclic) bond motifs is 1. The lowest BCUT2D eigenvalue weighted by atomic mass is 10.3. The van der Waals surface area contributed by atoms with Gasteiger partial charge in [-0.3, -0.25) is 4.40 Å². The lowest BCUT2D eigenvalue weighted by Crippen LogP contribution is -2.14. The first kappa shape index (κ1) is 10.7. The molecule has 0 fully saturated rings. The minimum atomic E-state index is 0.0982. The van der Waals surface area contributed by atoms with Crippen LogP contribution in [0.3, 0.4) is 0 Å². The molecule has 0 radical (unpaired) electrons. The summed E-state index contributed by atoms with van der Waals surface area (Å²) in [4.78, 5) is 8.43. The zero-order valence-electron chi connectivity index (χ0n) is 9.34. The average Bonchev–Trinajstić information content (AvgIpc) is 2.76. The highest BCUT2D eigenvalue weighted by Crippen LogP contribution is 2.19. The zero-order chi connectivity index (χ0) is 11.5. The second-order valence-corrected chi connectivity index (χ2v) is 3.57. The molecule has 2 rings (SSSR count). The van der Waals surface area contributed by atoms with Crippen molar-refractivity contribution >= 4 is 11.5 Å². The summed E-state index contributed by atoms with van der Waals surface area (Å²) in [6, 6.07) is 0. The molecular formula is C10H15N5O. The number of hydrogen-bond donors (Lipinski definition) is 2. The Morgan fingerprint density at radius 2 is 2.44 bits per heavy atom. The van der Waals surface area contributed by atoms with Gasteiger partial charge in [0, 0.05) is 12.4 Å². The van der Waals surface area contributed by atoms with Crippen LogP contribution >= 0.6 is 0 Å². The summed E-state index contributed by atoms with van der Waals surface area (Å²) < 4.78 is 7.51. The first-order valence-corrected chi connectivity index (χ1v) is 5.21. The van der Waals surface area contributed by atoms with Crippen LogP contribution in [-0.4, -0.2) is 20.5 Å². The molecule has 1 atom stereocenters. The Hall–Kier alpha value is -1.82. The van der Waals surface area contributed by atoms with Crippen molar-refractivity contribution < 1.29 is 4.74 Å². The highest BCUT2D eigenvalue weighted by Gasteiger charge is 2.10. The summed E-state index contributed by atoms with van der Waals surface area (Å²) in [5.74, 6) is 6.38. The number of nitrogens with two attached hydrogens (primary N) is 1. The second-order valence-electron chi connectivity index (χ2n) is 3.57. The number of nitrogen functional groups attached to an aromatic ring is 1. The van der Waals surface area contributed by atoms with Gasteiger partial charge < -0.3 is 10.2 Å². The van der Waals surface area contributed by atoms with E-state index < -0.39 is 0 Å². The van der Waals surface area contributed by atoms with Gasteiger partial charge in [0.2, 0.25) is 5.65 Å². The smallest absolute Gasteiger partial charge is 0.260 e. The van der Waals surface area contributed by atoms with E-state index in [-0.39, 0.29) is 6.10 Å². The monoisotopic (exact) mass is 221 g/mol. The fraction of sp³-hybridized carbons (Fsp3) is 0.400. The van der Waals surface area contributed by atoms with E-state index in [9.17, 15) is 0 Å². The summed E-state index contributed by atoms with van der Waals surface area (Å²) >= 11 is 0. The van der Waals surface area contributed by atoms with Gasteiger partial charge >= 0.3 is 0 Å². The van der Waals surface area contributed by atoms with Gasteiger partial charge in [-0.25, -0.2) is 10.8 Å². The van der Waals surface area contributed by atoms with E-state index in [1.807, 2.05) is 17.5 Å². The van der Waals surface area contributed by atoms with Crippen LogP contribution < -0.4 is 16.0 Å². The van der Waals surface area contributed by atoms with Crippen molar-refractivity contribution in [2.75, 3.05) is 5.43 Å². The predicted octanol–water partition coefficient (Wildman–Crippen LogP) is 1.19. The minimum Gasteiger partial charge on any atom is -0.472 e. The van der Waals surface area contributed by atoms with E-state index in [1.54, 1.807) is 12.4 Å².